The van der Waals surface area contributed by atoms with E-state index in [0.717, 1.165) is 18.6 Å². The largest absolute Gasteiger partial charge is 0.469 e. The van der Waals surface area contributed by atoms with Gasteiger partial charge in [0.2, 0.25) is 0 Å². The molecule has 3 heteroatoms. The number of furan rings is 1. The fraction of sp³-hybridized carbons (Fsp3) is 0.500. The average Bonchev–Trinajstić information content (AvgIpc) is 2.56. The molecule has 0 bridgehead atoms. The maximum absolute atomic E-state index is 5.62. The van der Waals surface area contributed by atoms with E-state index in [1.54, 1.807) is 6.26 Å². The van der Waals surface area contributed by atoms with Crippen LogP contribution in [0.4, 0.5) is 0 Å². The second-order valence-electron chi connectivity index (χ2n) is 3.11. The van der Waals surface area contributed by atoms with Crippen LogP contribution < -0.4 is 5.73 Å². The van der Waals surface area contributed by atoms with Gasteiger partial charge in [-0.1, -0.05) is 6.92 Å². The molecular weight excluding hydrogens is 164 g/mol. The molecular formula is C10H16N2O. The van der Waals surface area contributed by atoms with Crippen molar-refractivity contribution >= 4 is 5.84 Å². The highest BCUT2D eigenvalue weighted by atomic mass is 16.3. The molecule has 0 saturated heterocycles. The van der Waals surface area contributed by atoms with Crippen LogP contribution in [0.3, 0.4) is 0 Å². The van der Waals surface area contributed by atoms with Crippen molar-refractivity contribution < 1.29 is 4.42 Å². The van der Waals surface area contributed by atoms with Crippen molar-refractivity contribution in [1.29, 1.82) is 0 Å². The van der Waals surface area contributed by atoms with Crippen molar-refractivity contribution in [3.05, 3.63) is 24.2 Å². The van der Waals surface area contributed by atoms with Gasteiger partial charge in [0.05, 0.1) is 18.1 Å². The predicted octanol–water partition coefficient (Wildman–Crippen LogP) is 1.98. The van der Waals surface area contributed by atoms with Gasteiger partial charge < -0.3 is 10.2 Å². The van der Waals surface area contributed by atoms with Crippen LogP contribution in [-0.4, -0.2) is 11.9 Å². The van der Waals surface area contributed by atoms with Crippen molar-refractivity contribution in [2.45, 2.75) is 32.7 Å². The molecule has 2 N–H and O–H groups in total. The Bertz CT molecular complexity index is 264. The Balaban J connectivity index is 2.46. The first kappa shape index (κ1) is 9.84. The van der Waals surface area contributed by atoms with Crippen LogP contribution >= 0.6 is 0 Å². The van der Waals surface area contributed by atoms with Crippen LogP contribution in [0, 0.1) is 0 Å². The van der Waals surface area contributed by atoms with Gasteiger partial charge in [0.25, 0.3) is 0 Å². The Morgan fingerprint density at radius 3 is 3.00 bits per heavy atom. The molecule has 1 aromatic heterocycles. The van der Waals surface area contributed by atoms with Gasteiger partial charge >= 0.3 is 0 Å². The van der Waals surface area contributed by atoms with Crippen molar-refractivity contribution in [1.82, 2.24) is 0 Å². The molecule has 13 heavy (non-hydrogen) atoms. The monoisotopic (exact) mass is 180 g/mol. The molecule has 1 unspecified atom stereocenters. The first-order valence-corrected chi connectivity index (χ1v) is 4.57. The summed E-state index contributed by atoms with van der Waals surface area (Å²) in [4.78, 5) is 4.30. The number of hydrogen-bond acceptors (Lipinski definition) is 2. The third-order valence-electron chi connectivity index (χ3n) is 1.83. The summed E-state index contributed by atoms with van der Waals surface area (Å²) >= 11 is 0. The van der Waals surface area contributed by atoms with Crippen molar-refractivity contribution in [3.8, 4) is 0 Å². The first-order valence-electron chi connectivity index (χ1n) is 4.57. The van der Waals surface area contributed by atoms with E-state index < -0.39 is 0 Å². The molecule has 1 aromatic rings. The van der Waals surface area contributed by atoms with Crippen molar-refractivity contribution in [2.75, 3.05) is 0 Å². The Labute approximate surface area is 78.7 Å². The predicted molar refractivity (Wildman–Crippen MR) is 53.8 cm³/mol. The summed E-state index contributed by atoms with van der Waals surface area (Å²) in [5, 5.41) is 0. The van der Waals surface area contributed by atoms with Gasteiger partial charge in [-0.25, -0.2) is 0 Å². The summed E-state index contributed by atoms with van der Waals surface area (Å²) in [6, 6.07) is 4.04. The van der Waals surface area contributed by atoms with Crippen molar-refractivity contribution in [3.63, 3.8) is 0 Å². The van der Waals surface area contributed by atoms with Crippen LogP contribution in [0.15, 0.2) is 27.8 Å². The van der Waals surface area contributed by atoms with Crippen LogP contribution in [0.5, 0.6) is 0 Å². The zero-order valence-electron chi connectivity index (χ0n) is 8.16. The molecule has 0 aromatic carbocycles. The number of aliphatic imine (C=N–C) groups is 1. The van der Waals surface area contributed by atoms with E-state index in [1.807, 2.05) is 26.0 Å². The van der Waals surface area contributed by atoms with E-state index in [4.69, 9.17) is 10.2 Å². The lowest BCUT2D eigenvalue weighted by Gasteiger charge is -2.04. The molecule has 1 atom stereocenters. The Morgan fingerprint density at radius 1 is 1.69 bits per heavy atom. The fourth-order valence-corrected chi connectivity index (χ4v) is 1.14. The van der Waals surface area contributed by atoms with Gasteiger partial charge in [0, 0.05) is 12.8 Å². The molecule has 1 heterocycles. The molecule has 0 fully saturated rings. The lowest BCUT2D eigenvalue weighted by molar-refractivity contribution is 0.492. The lowest BCUT2D eigenvalue weighted by atomic mass is 10.2. The van der Waals surface area contributed by atoms with E-state index in [2.05, 4.69) is 4.99 Å². The normalized spacial score (nSPS) is 14.5. The molecule has 72 valence electrons. The smallest absolute Gasteiger partial charge is 0.105 e. The number of nitrogens with two attached hydrogens (primary N) is 1. The second-order valence-corrected chi connectivity index (χ2v) is 3.11. The number of rotatable bonds is 4. The average molecular weight is 180 g/mol. The molecule has 0 saturated carbocycles. The van der Waals surface area contributed by atoms with E-state index >= 15 is 0 Å². The van der Waals surface area contributed by atoms with E-state index in [1.165, 1.54) is 0 Å². The van der Waals surface area contributed by atoms with Crippen LogP contribution in [0.25, 0.3) is 0 Å². The summed E-state index contributed by atoms with van der Waals surface area (Å²) in [6.45, 7) is 4.03. The Hall–Kier alpha value is -1.25. The van der Waals surface area contributed by atoms with Gasteiger partial charge in [0.1, 0.15) is 5.76 Å². The number of nitrogens with zero attached hydrogens (tertiary/aromatic N) is 1. The van der Waals surface area contributed by atoms with E-state index in [0.29, 0.717) is 5.84 Å². The summed E-state index contributed by atoms with van der Waals surface area (Å²) in [5.41, 5.74) is 5.62. The molecule has 0 spiro atoms. The topological polar surface area (TPSA) is 51.5 Å². The quantitative estimate of drug-likeness (QED) is 0.569. The van der Waals surface area contributed by atoms with Crippen LogP contribution in [0.2, 0.25) is 0 Å². The SMILES string of the molecule is CCC(N)=NC(C)Cc1ccco1. The molecule has 3 nitrogen and oxygen atoms in total. The van der Waals surface area contributed by atoms with Crippen LogP contribution in [-0.2, 0) is 6.42 Å². The maximum atomic E-state index is 5.62. The van der Waals surface area contributed by atoms with Gasteiger partial charge in [0.15, 0.2) is 0 Å². The Morgan fingerprint density at radius 2 is 2.46 bits per heavy atom. The van der Waals surface area contributed by atoms with Gasteiger partial charge in [-0.2, -0.15) is 0 Å². The summed E-state index contributed by atoms with van der Waals surface area (Å²) in [6.07, 6.45) is 3.30. The second kappa shape index (κ2) is 4.70. The van der Waals surface area contributed by atoms with Gasteiger partial charge in [-0.15, -0.1) is 0 Å². The molecule has 0 aliphatic rings. The van der Waals surface area contributed by atoms with Crippen molar-refractivity contribution in [2.24, 2.45) is 10.7 Å². The molecule has 0 amide bonds. The summed E-state index contributed by atoms with van der Waals surface area (Å²) in [7, 11) is 0. The highest BCUT2D eigenvalue weighted by Gasteiger charge is 2.03. The Kier molecular flexibility index (Phi) is 3.55. The number of amidine groups is 1. The summed E-state index contributed by atoms with van der Waals surface area (Å²) < 4.78 is 5.21. The molecule has 0 aliphatic carbocycles. The molecule has 0 aliphatic heterocycles. The molecule has 0 radical (unpaired) electrons. The molecule has 1 rings (SSSR count). The lowest BCUT2D eigenvalue weighted by Crippen LogP contribution is -2.15. The highest BCUT2D eigenvalue weighted by molar-refractivity contribution is 5.80. The minimum Gasteiger partial charge on any atom is -0.469 e. The highest BCUT2D eigenvalue weighted by Crippen LogP contribution is 2.06. The van der Waals surface area contributed by atoms with E-state index in [-0.39, 0.29) is 6.04 Å². The summed E-state index contributed by atoms with van der Waals surface area (Å²) in [5.74, 6) is 1.67. The minimum absolute atomic E-state index is 0.200. The zero-order valence-corrected chi connectivity index (χ0v) is 8.16. The fourth-order valence-electron chi connectivity index (χ4n) is 1.14. The number of hydrogen-bond donors (Lipinski definition) is 1. The minimum atomic E-state index is 0.200. The first-order chi connectivity index (χ1) is 6.22. The van der Waals surface area contributed by atoms with E-state index in [9.17, 15) is 0 Å². The van der Waals surface area contributed by atoms with Gasteiger partial charge in [-0.05, 0) is 19.1 Å². The third kappa shape index (κ3) is 3.32. The standard InChI is InChI=1S/C10H16N2O/c1-3-10(11)12-8(2)7-9-5-4-6-13-9/h4-6,8H,3,7H2,1-2H3,(H2,11,12). The third-order valence-corrected chi connectivity index (χ3v) is 1.83. The van der Waals surface area contributed by atoms with Gasteiger partial charge in [-0.3, -0.25) is 4.99 Å². The zero-order chi connectivity index (χ0) is 9.68. The van der Waals surface area contributed by atoms with Crippen LogP contribution in [0.1, 0.15) is 26.0 Å². The maximum Gasteiger partial charge on any atom is 0.105 e.